The summed E-state index contributed by atoms with van der Waals surface area (Å²) in [5, 5.41) is 11.2. The van der Waals surface area contributed by atoms with E-state index >= 15 is 0 Å². The third-order valence-corrected chi connectivity index (χ3v) is 5.96. The summed E-state index contributed by atoms with van der Waals surface area (Å²) in [6.07, 6.45) is -2.09. The zero-order chi connectivity index (χ0) is 25.0. The van der Waals surface area contributed by atoms with Crippen LogP contribution in [-0.4, -0.2) is 49.0 Å². The number of hydrogen-bond donors (Lipinski definition) is 1. The van der Waals surface area contributed by atoms with E-state index in [2.05, 4.69) is 6.58 Å². The van der Waals surface area contributed by atoms with Gasteiger partial charge < -0.3 is 28.8 Å². The predicted molar refractivity (Wildman–Crippen MR) is 137 cm³/mol. The van der Waals surface area contributed by atoms with Crippen LogP contribution in [0.3, 0.4) is 0 Å². The molecule has 0 aliphatic carbocycles. The zero-order valence-electron chi connectivity index (χ0n) is 20.9. The fraction of sp³-hybridized carbons (Fsp3) is 0.333. The van der Waals surface area contributed by atoms with E-state index in [4.69, 9.17) is 23.7 Å². The van der Waals surface area contributed by atoms with Crippen molar-refractivity contribution in [3.8, 4) is 0 Å². The fourth-order valence-electron chi connectivity index (χ4n) is 4.12. The third kappa shape index (κ3) is 9.38. The van der Waals surface area contributed by atoms with Crippen molar-refractivity contribution in [1.82, 2.24) is 0 Å². The molecular formula is C30H34AcO6. The average Bonchev–Trinajstić information content (AvgIpc) is 2.93. The molecular weight excluding hydrogens is 683 g/mol. The van der Waals surface area contributed by atoms with E-state index in [9.17, 15) is 5.11 Å². The minimum Gasteiger partial charge on any atom is -0.385 e. The number of rotatable bonds is 13. The SMILES string of the molecule is C=CCO[C@@H]1C(O)[C@H](OCc2ccccc2)OC(COCc2ccccc2)[C@H]1OCc1ccccc1.[Ac]. The van der Waals surface area contributed by atoms with Gasteiger partial charge in [0.1, 0.15) is 24.4 Å². The van der Waals surface area contributed by atoms with Crippen molar-refractivity contribution in [3.05, 3.63) is 120 Å². The van der Waals surface area contributed by atoms with E-state index < -0.39 is 30.7 Å². The van der Waals surface area contributed by atoms with Crippen LogP contribution >= 0.6 is 0 Å². The van der Waals surface area contributed by atoms with Crippen molar-refractivity contribution in [2.75, 3.05) is 13.2 Å². The predicted octanol–water partition coefficient (Wildman–Crippen LogP) is 4.66. The molecule has 0 amide bonds. The Bertz CT molecular complexity index is 1020. The summed E-state index contributed by atoms with van der Waals surface area (Å²) in [6, 6.07) is 29.6. The van der Waals surface area contributed by atoms with Crippen LogP contribution in [0.2, 0.25) is 0 Å². The molecule has 5 atom stereocenters. The molecule has 0 saturated carbocycles. The quantitative estimate of drug-likeness (QED) is 0.260. The monoisotopic (exact) mass is 717 g/mol. The minimum absolute atomic E-state index is 0. The molecule has 1 radical (unpaired) electrons. The van der Waals surface area contributed by atoms with Gasteiger partial charge in [-0.2, -0.15) is 0 Å². The summed E-state index contributed by atoms with van der Waals surface area (Å²) in [5.41, 5.74) is 3.06. The van der Waals surface area contributed by atoms with Crippen molar-refractivity contribution in [2.24, 2.45) is 0 Å². The average molecular weight is 718 g/mol. The van der Waals surface area contributed by atoms with Gasteiger partial charge in [-0.1, -0.05) is 97.1 Å². The summed E-state index contributed by atoms with van der Waals surface area (Å²) >= 11 is 0. The number of aliphatic hydroxyl groups is 1. The van der Waals surface area contributed by atoms with Gasteiger partial charge >= 0.3 is 0 Å². The Labute approximate surface area is 255 Å². The van der Waals surface area contributed by atoms with Gasteiger partial charge in [-0.3, -0.25) is 0 Å². The Morgan fingerprint density at radius 1 is 0.703 bits per heavy atom. The van der Waals surface area contributed by atoms with Gasteiger partial charge in [0, 0.05) is 44.1 Å². The van der Waals surface area contributed by atoms with Gasteiger partial charge in [-0.05, 0) is 16.7 Å². The van der Waals surface area contributed by atoms with E-state index in [1.165, 1.54) is 0 Å². The van der Waals surface area contributed by atoms with Gasteiger partial charge in [-0.15, -0.1) is 6.58 Å². The number of hydrogen-bond acceptors (Lipinski definition) is 6. The Morgan fingerprint density at radius 3 is 1.76 bits per heavy atom. The van der Waals surface area contributed by atoms with E-state index in [1.54, 1.807) is 6.08 Å². The first-order chi connectivity index (χ1) is 17.7. The maximum absolute atomic E-state index is 11.2. The van der Waals surface area contributed by atoms with Crippen molar-refractivity contribution >= 4 is 0 Å². The molecule has 1 heterocycles. The molecule has 3 aromatic rings. The van der Waals surface area contributed by atoms with Crippen LogP contribution in [0.5, 0.6) is 0 Å². The van der Waals surface area contributed by atoms with Crippen LogP contribution in [0.25, 0.3) is 0 Å². The molecule has 3 aromatic carbocycles. The summed E-state index contributed by atoms with van der Waals surface area (Å²) in [6.45, 7) is 5.34. The molecule has 6 nitrogen and oxygen atoms in total. The summed E-state index contributed by atoms with van der Waals surface area (Å²) in [7, 11) is 0. The molecule has 1 aliphatic rings. The summed E-state index contributed by atoms with van der Waals surface area (Å²) < 4.78 is 30.6. The molecule has 0 spiro atoms. The Kier molecular flexibility index (Phi) is 13.5. The van der Waals surface area contributed by atoms with Gasteiger partial charge in [0.25, 0.3) is 0 Å². The van der Waals surface area contributed by atoms with E-state index in [0.29, 0.717) is 19.8 Å². The van der Waals surface area contributed by atoms with E-state index in [-0.39, 0.29) is 57.3 Å². The Morgan fingerprint density at radius 2 is 1.22 bits per heavy atom. The second-order valence-corrected chi connectivity index (χ2v) is 8.68. The first kappa shape index (κ1) is 30.1. The Hall–Kier alpha value is -1.40. The van der Waals surface area contributed by atoms with Crippen LogP contribution in [0.4, 0.5) is 0 Å². The first-order valence-electron chi connectivity index (χ1n) is 12.2. The number of benzene rings is 3. The molecule has 1 N–H and O–H groups in total. The molecule has 2 unspecified atom stereocenters. The van der Waals surface area contributed by atoms with Crippen LogP contribution in [-0.2, 0) is 43.5 Å². The molecule has 0 bridgehead atoms. The minimum atomic E-state index is -1.06. The molecule has 37 heavy (non-hydrogen) atoms. The van der Waals surface area contributed by atoms with Crippen molar-refractivity contribution < 1.29 is 72.9 Å². The number of ether oxygens (including phenoxy) is 5. The summed E-state index contributed by atoms with van der Waals surface area (Å²) in [4.78, 5) is 0. The zero-order valence-corrected chi connectivity index (χ0v) is 25.7. The van der Waals surface area contributed by atoms with Crippen molar-refractivity contribution in [1.29, 1.82) is 0 Å². The smallest absolute Gasteiger partial charge is 0.187 e. The number of aliphatic hydroxyl groups excluding tert-OH is 1. The van der Waals surface area contributed by atoms with Crippen molar-refractivity contribution in [3.63, 3.8) is 0 Å². The topological polar surface area (TPSA) is 66.4 Å². The van der Waals surface area contributed by atoms with Crippen molar-refractivity contribution in [2.45, 2.75) is 50.5 Å². The standard InChI is InChI=1S/C30H34O6.Ac/c1-2-18-33-29-27(31)30(35-21-25-16-10-5-11-17-25)36-26(22-32-19-23-12-6-3-7-13-23)28(29)34-20-24-14-8-4-9-15-24;/h2-17,26-31H,1,18-22H2;/t26?,27?,28-,29-,30-;/m1./s1. The van der Waals surface area contributed by atoms with Gasteiger partial charge in [0.2, 0.25) is 0 Å². The largest absolute Gasteiger partial charge is 0.385 e. The van der Waals surface area contributed by atoms with Gasteiger partial charge in [0.15, 0.2) is 6.29 Å². The molecule has 193 valence electrons. The molecule has 4 rings (SSSR count). The second-order valence-electron chi connectivity index (χ2n) is 8.68. The van der Waals surface area contributed by atoms with Crippen LogP contribution in [0.1, 0.15) is 16.7 Å². The van der Waals surface area contributed by atoms with Crippen LogP contribution in [0.15, 0.2) is 104 Å². The maximum atomic E-state index is 11.2. The van der Waals surface area contributed by atoms with E-state index in [1.807, 2.05) is 91.0 Å². The van der Waals surface area contributed by atoms with Gasteiger partial charge in [-0.25, -0.2) is 0 Å². The molecule has 1 aliphatic heterocycles. The third-order valence-electron chi connectivity index (χ3n) is 5.96. The van der Waals surface area contributed by atoms with E-state index in [0.717, 1.165) is 16.7 Å². The second kappa shape index (κ2) is 16.5. The van der Waals surface area contributed by atoms with Crippen LogP contribution < -0.4 is 0 Å². The van der Waals surface area contributed by atoms with Crippen LogP contribution in [0, 0.1) is 44.1 Å². The molecule has 7 heteroatoms. The Balaban J connectivity index is 0.00000380. The molecule has 1 saturated heterocycles. The van der Waals surface area contributed by atoms with Gasteiger partial charge in [0.05, 0.1) is 33.0 Å². The fourth-order valence-corrected chi connectivity index (χ4v) is 4.12. The normalized spacial score (nSPS) is 23.2. The molecule has 0 aromatic heterocycles. The molecule has 1 fully saturated rings. The first-order valence-corrected chi connectivity index (χ1v) is 12.2. The summed E-state index contributed by atoms with van der Waals surface area (Å²) in [5.74, 6) is 0. The maximum Gasteiger partial charge on any atom is 0.187 e.